The van der Waals surface area contributed by atoms with Crippen LogP contribution in [0.3, 0.4) is 0 Å². The highest BCUT2D eigenvalue weighted by Gasteiger charge is 2.29. The van der Waals surface area contributed by atoms with E-state index in [0.29, 0.717) is 13.1 Å². The fraction of sp³-hybridized carbons (Fsp3) is 0.545. The minimum atomic E-state index is -0.180. The van der Waals surface area contributed by atoms with Crippen LogP contribution in [-0.2, 0) is 7.05 Å². The van der Waals surface area contributed by atoms with Gasteiger partial charge in [-0.1, -0.05) is 0 Å². The molecule has 0 aliphatic carbocycles. The van der Waals surface area contributed by atoms with Crippen molar-refractivity contribution in [1.29, 1.82) is 0 Å². The summed E-state index contributed by atoms with van der Waals surface area (Å²) in [5.74, 6) is 1.18. The standard InChI is InChI=1S/C11H16N8O/c1-18-6-13-16-9(18)7-3-2-4-19(5-7)10(20)8-14-11(12)17-15-8/h6-7H,2-5H2,1H3,(H3,12,14,15,17). The van der Waals surface area contributed by atoms with Crippen LogP contribution in [0.1, 0.15) is 35.2 Å². The zero-order valence-corrected chi connectivity index (χ0v) is 11.2. The summed E-state index contributed by atoms with van der Waals surface area (Å²) in [6, 6.07) is 0. The summed E-state index contributed by atoms with van der Waals surface area (Å²) in [6.45, 7) is 1.31. The molecular formula is C11H16N8O. The Morgan fingerprint density at radius 3 is 3.05 bits per heavy atom. The molecule has 3 heterocycles. The largest absolute Gasteiger partial charge is 0.366 e. The van der Waals surface area contributed by atoms with Crippen LogP contribution in [0.15, 0.2) is 6.33 Å². The summed E-state index contributed by atoms with van der Waals surface area (Å²) < 4.78 is 1.89. The minimum Gasteiger partial charge on any atom is -0.366 e. The molecule has 0 bridgehead atoms. The van der Waals surface area contributed by atoms with E-state index in [0.717, 1.165) is 18.7 Å². The number of H-pyrrole nitrogens is 1. The maximum absolute atomic E-state index is 12.3. The number of nitrogen functional groups attached to an aromatic ring is 1. The molecule has 1 aliphatic heterocycles. The van der Waals surface area contributed by atoms with Gasteiger partial charge >= 0.3 is 0 Å². The first kappa shape index (κ1) is 12.6. The van der Waals surface area contributed by atoms with Gasteiger partial charge in [-0.25, -0.2) is 0 Å². The number of rotatable bonds is 2. The van der Waals surface area contributed by atoms with Crippen LogP contribution in [0.5, 0.6) is 0 Å². The first-order chi connectivity index (χ1) is 9.65. The van der Waals surface area contributed by atoms with Gasteiger partial charge < -0.3 is 15.2 Å². The quantitative estimate of drug-likeness (QED) is 0.765. The number of aryl methyl sites for hydroxylation is 1. The van der Waals surface area contributed by atoms with Crippen molar-refractivity contribution < 1.29 is 4.79 Å². The number of likely N-dealkylation sites (tertiary alicyclic amines) is 1. The summed E-state index contributed by atoms with van der Waals surface area (Å²) in [4.78, 5) is 17.9. The number of aromatic nitrogens is 6. The van der Waals surface area contributed by atoms with Gasteiger partial charge in [-0.05, 0) is 12.8 Å². The van der Waals surface area contributed by atoms with Crippen LogP contribution in [-0.4, -0.2) is 53.8 Å². The Bertz CT molecular complexity index is 617. The summed E-state index contributed by atoms with van der Waals surface area (Å²) in [7, 11) is 1.91. The highest BCUT2D eigenvalue weighted by Crippen LogP contribution is 2.25. The molecule has 1 unspecified atom stereocenters. The average Bonchev–Trinajstić information content (AvgIpc) is 3.07. The number of nitrogens with one attached hydrogen (secondary N) is 1. The monoisotopic (exact) mass is 276 g/mol. The Morgan fingerprint density at radius 1 is 1.55 bits per heavy atom. The highest BCUT2D eigenvalue weighted by molar-refractivity contribution is 5.90. The first-order valence-corrected chi connectivity index (χ1v) is 6.46. The number of hydrogen-bond acceptors (Lipinski definition) is 6. The van der Waals surface area contributed by atoms with Crippen LogP contribution in [0, 0.1) is 0 Å². The molecule has 2 aromatic heterocycles. The number of hydrogen-bond donors (Lipinski definition) is 2. The smallest absolute Gasteiger partial charge is 0.291 e. The predicted octanol–water partition coefficient (Wildman–Crippen LogP) is -0.465. The maximum atomic E-state index is 12.3. The zero-order valence-electron chi connectivity index (χ0n) is 11.2. The molecular weight excluding hydrogens is 260 g/mol. The molecule has 1 fully saturated rings. The molecule has 2 aromatic rings. The molecule has 9 nitrogen and oxygen atoms in total. The van der Waals surface area contributed by atoms with Crippen LogP contribution < -0.4 is 5.73 Å². The van der Waals surface area contributed by atoms with Crippen molar-refractivity contribution >= 4 is 11.9 Å². The van der Waals surface area contributed by atoms with E-state index in [1.54, 1.807) is 11.2 Å². The van der Waals surface area contributed by atoms with Gasteiger partial charge in [0.2, 0.25) is 11.8 Å². The molecule has 20 heavy (non-hydrogen) atoms. The van der Waals surface area contributed by atoms with Crippen molar-refractivity contribution in [3.8, 4) is 0 Å². The molecule has 1 amide bonds. The van der Waals surface area contributed by atoms with E-state index in [2.05, 4.69) is 25.4 Å². The van der Waals surface area contributed by atoms with Gasteiger partial charge in [0, 0.05) is 26.1 Å². The number of amides is 1. The van der Waals surface area contributed by atoms with E-state index in [-0.39, 0.29) is 23.6 Å². The summed E-state index contributed by atoms with van der Waals surface area (Å²) in [5.41, 5.74) is 5.42. The predicted molar refractivity (Wildman–Crippen MR) is 69.7 cm³/mol. The molecule has 9 heteroatoms. The molecule has 3 N–H and O–H groups in total. The Labute approximate surface area is 115 Å². The van der Waals surface area contributed by atoms with Crippen molar-refractivity contribution in [3.05, 3.63) is 18.0 Å². The van der Waals surface area contributed by atoms with E-state index in [9.17, 15) is 4.79 Å². The summed E-state index contributed by atoms with van der Waals surface area (Å²) in [6.07, 6.45) is 3.59. The Hall–Kier alpha value is -2.45. The third kappa shape index (κ3) is 2.22. The molecule has 106 valence electrons. The van der Waals surface area contributed by atoms with E-state index in [1.165, 1.54) is 0 Å². The van der Waals surface area contributed by atoms with Crippen molar-refractivity contribution in [2.24, 2.45) is 7.05 Å². The SMILES string of the molecule is Cn1cnnc1C1CCCN(C(=O)c2nc(N)n[nH]2)C1. The second-order valence-corrected chi connectivity index (χ2v) is 4.93. The third-order valence-corrected chi connectivity index (χ3v) is 3.53. The molecule has 1 atom stereocenters. The van der Waals surface area contributed by atoms with Crippen molar-refractivity contribution in [2.75, 3.05) is 18.8 Å². The number of nitrogens with two attached hydrogens (primary N) is 1. The van der Waals surface area contributed by atoms with E-state index in [4.69, 9.17) is 5.73 Å². The van der Waals surface area contributed by atoms with Crippen molar-refractivity contribution in [1.82, 2.24) is 34.8 Å². The molecule has 3 rings (SSSR count). The van der Waals surface area contributed by atoms with Gasteiger partial charge in [0.05, 0.1) is 0 Å². The second kappa shape index (κ2) is 4.91. The van der Waals surface area contributed by atoms with E-state index in [1.807, 2.05) is 11.6 Å². The van der Waals surface area contributed by atoms with Gasteiger partial charge in [0.25, 0.3) is 5.91 Å². The maximum Gasteiger partial charge on any atom is 0.291 e. The molecule has 0 radical (unpaired) electrons. The summed E-state index contributed by atoms with van der Waals surface area (Å²) in [5, 5.41) is 14.3. The molecule has 0 saturated carbocycles. The van der Waals surface area contributed by atoms with E-state index >= 15 is 0 Å². The number of carbonyl (C=O) groups excluding carboxylic acids is 1. The van der Waals surface area contributed by atoms with Crippen LogP contribution in [0.25, 0.3) is 0 Å². The lowest BCUT2D eigenvalue weighted by Crippen LogP contribution is -2.40. The lowest BCUT2D eigenvalue weighted by atomic mass is 9.97. The number of piperidine rings is 1. The zero-order chi connectivity index (χ0) is 14.1. The number of aromatic amines is 1. The van der Waals surface area contributed by atoms with Gasteiger partial charge in [0.1, 0.15) is 12.2 Å². The Morgan fingerprint density at radius 2 is 2.40 bits per heavy atom. The number of nitrogens with zero attached hydrogens (tertiary/aromatic N) is 6. The Kier molecular flexibility index (Phi) is 3.09. The number of anilines is 1. The van der Waals surface area contributed by atoms with Gasteiger partial charge in [-0.2, -0.15) is 4.98 Å². The van der Waals surface area contributed by atoms with E-state index < -0.39 is 0 Å². The molecule has 1 saturated heterocycles. The topological polar surface area (TPSA) is 119 Å². The minimum absolute atomic E-state index is 0.0789. The second-order valence-electron chi connectivity index (χ2n) is 4.93. The molecule has 0 spiro atoms. The molecule has 0 aromatic carbocycles. The van der Waals surface area contributed by atoms with Gasteiger partial charge in [-0.15, -0.1) is 15.3 Å². The highest BCUT2D eigenvalue weighted by atomic mass is 16.2. The van der Waals surface area contributed by atoms with Crippen LogP contribution in [0.4, 0.5) is 5.95 Å². The Balaban J connectivity index is 1.75. The lowest BCUT2D eigenvalue weighted by Gasteiger charge is -2.31. The summed E-state index contributed by atoms with van der Waals surface area (Å²) >= 11 is 0. The van der Waals surface area contributed by atoms with Crippen LogP contribution >= 0.6 is 0 Å². The number of carbonyl (C=O) groups is 1. The van der Waals surface area contributed by atoms with Gasteiger partial charge in [0.15, 0.2) is 0 Å². The van der Waals surface area contributed by atoms with Gasteiger partial charge in [-0.3, -0.25) is 9.89 Å². The lowest BCUT2D eigenvalue weighted by molar-refractivity contribution is 0.0691. The third-order valence-electron chi connectivity index (χ3n) is 3.53. The van der Waals surface area contributed by atoms with Crippen molar-refractivity contribution in [3.63, 3.8) is 0 Å². The first-order valence-electron chi connectivity index (χ1n) is 6.46. The van der Waals surface area contributed by atoms with Crippen molar-refractivity contribution in [2.45, 2.75) is 18.8 Å². The van der Waals surface area contributed by atoms with Crippen LogP contribution in [0.2, 0.25) is 0 Å². The molecule has 1 aliphatic rings. The normalized spacial score (nSPS) is 19.2. The average molecular weight is 276 g/mol. The fourth-order valence-corrected chi connectivity index (χ4v) is 2.55. The fourth-order valence-electron chi connectivity index (χ4n) is 2.55.